The third-order valence-corrected chi connectivity index (χ3v) is 3.74. The number of rotatable bonds is 6. The van der Waals surface area contributed by atoms with Gasteiger partial charge in [0.2, 0.25) is 0 Å². The average molecular weight is 310 g/mol. The Morgan fingerprint density at radius 2 is 2.25 bits per heavy atom. The Bertz CT molecular complexity index is 572. The number of carbonyl (C=O) groups is 1. The van der Waals surface area contributed by atoms with E-state index in [0.29, 0.717) is 17.4 Å². The topological polar surface area (TPSA) is 54.0 Å². The van der Waals surface area contributed by atoms with E-state index in [1.165, 1.54) is 5.56 Å². The Morgan fingerprint density at radius 1 is 1.40 bits per heavy atom. The van der Waals surface area contributed by atoms with Crippen LogP contribution in [0.3, 0.4) is 0 Å². The minimum absolute atomic E-state index is 0.245. The molecule has 0 saturated heterocycles. The second-order valence-corrected chi connectivity index (χ2v) is 5.38. The van der Waals surface area contributed by atoms with Gasteiger partial charge in [0.05, 0.1) is 5.02 Å². The second-order valence-electron chi connectivity index (χ2n) is 4.19. The highest BCUT2D eigenvalue weighted by Crippen LogP contribution is 2.16. The van der Waals surface area contributed by atoms with E-state index in [4.69, 9.17) is 11.6 Å². The van der Waals surface area contributed by atoms with Crippen molar-refractivity contribution >= 4 is 34.7 Å². The van der Waals surface area contributed by atoms with E-state index in [2.05, 4.69) is 21.0 Å². The summed E-state index contributed by atoms with van der Waals surface area (Å²) >= 11 is 7.67. The molecule has 106 valence electrons. The SMILES string of the molecule is CCNc1ccc(Cl)c(C(=O)NCCc2ccsc2)n1. The first kappa shape index (κ1) is 14.8. The van der Waals surface area contributed by atoms with Gasteiger partial charge in [0.15, 0.2) is 0 Å². The maximum Gasteiger partial charge on any atom is 0.271 e. The maximum atomic E-state index is 12.1. The summed E-state index contributed by atoms with van der Waals surface area (Å²) in [4.78, 5) is 16.3. The molecule has 0 spiro atoms. The number of halogens is 1. The largest absolute Gasteiger partial charge is 0.370 e. The number of amides is 1. The molecule has 1 amide bonds. The lowest BCUT2D eigenvalue weighted by Gasteiger charge is -2.08. The molecule has 0 saturated carbocycles. The zero-order chi connectivity index (χ0) is 14.4. The molecule has 0 unspecified atom stereocenters. The Hall–Kier alpha value is -1.59. The number of nitrogens with zero attached hydrogens (tertiary/aromatic N) is 1. The van der Waals surface area contributed by atoms with Crippen LogP contribution in [0, 0.1) is 0 Å². The molecular formula is C14H16ClN3OS. The van der Waals surface area contributed by atoms with Crippen LogP contribution >= 0.6 is 22.9 Å². The summed E-state index contributed by atoms with van der Waals surface area (Å²) in [5, 5.41) is 10.4. The minimum atomic E-state index is -0.245. The highest BCUT2D eigenvalue weighted by molar-refractivity contribution is 7.07. The number of nitrogens with one attached hydrogen (secondary N) is 2. The molecule has 6 heteroatoms. The van der Waals surface area contributed by atoms with Crippen LogP contribution in [0.25, 0.3) is 0 Å². The summed E-state index contributed by atoms with van der Waals surface area (Å²) in [6.45, 7) is 3.28. The van der Waals surface area contributed by atoms with Gasteiger partial charge in [-0.25, -0.2) is 4.98 Å². The molecule has 0 atom stereocenters. The summed E-state index contributed by atoms with van der Waals surface area (Å²) < 4.78 is 0. The number of pyridine rings is 1. The fraction of sp³-hybridized carbons (Fsp3) is 0.286. The van der Waals surface area contributed by atoms with Crippen LogP contribution in [0.2, 0.25) is 5.02 Å². The summed E-state index contributed by atoms with van der Waals surface area (Å²) in [5.41, 5.74) is 1.48. The molecule has 0 aliphatic heterocycles. The van der Waals surface area contributed by atoms with Crippen LogP contribution in [0.4, 0.5) is 5.82 Å². The second kappa shape index (κ2) is 7.26. The van der Waals surface area contributed by atoms with Gasteiger partial charge in [-0.2, -0.15) is 11.3 Å². The van der Waals surface area contributed by atoms with Gasteiger partial charge in [-0.3, -0.25) is 4.79 Å². The van der Waals surface area contributed by atoms with Crippen molar-refractivity contribution in [3.8, 4) is 0 Å². The van der Waals surface area contributed by atoms with Crippen molar-refractivity contribution < 1.29 is 4.79 Å². The van der Waals surface area contributed by atoms with E-state index in [0.717, 1.165) is 13.0 Å². The first-order valence-electron chi connectivity index (χ1n) is 6.40. The fourth-order valence-electron chi connectivity index (χ4n) is 1.72. The van der Waals surface area contributed by atoms with Crippen molar-refractivity contribution in [1.82, 2.24) is 10.3 Å². The number of anilines is 1. The first-order chi connectivity index (χ1) is 9.70. The molecule has 0 radical (unpaired) electrons. The molecule has 0 fully saturated rings. The van der Waals surface area contributed by atoms with Crippen molar-refractivity contribution in [3.05, 3.63) is 45.2 Å². The van der Waals surface area contributed by atoms with Crippen LogP contribution in [-0.2, 0) is 6.42 Å². The van der Waals surface area contributed by atoms with Gasteiger partial charge in [0.1, 0.15) is 11.5 Å². The molecule has 2 N–H and O–H groups in total. The standard InChI is InChI=1S/C14H16ClN3OS/c1-2-16-12-4-3-11(15)13(18-12)14(19)17-7-5-10-6-8-20-9-10/h3-4,6,8-9H,2,5,7H2,1H3,(H,16,18)(H,17,19). The zero-order valence-electron chi connectivity index (χ0n) is 11.1. The van der Waals surface area contributed by atoms with Crippen LogP contribution in [-0.4, -0.2) is 24.0 Å². The summed E-state index contributed by atoms with van der Waals surface area (Å²) in [6, 6.07) is 5.49. The molecular weight excluding hydrogens is 294 g/mol. The van der Waals surface area contributed by atoms with Gasteiger partial charge in [-0.15, -0.1) is 0 Å². The zero-order valence-corrected chi connectivity index (χ0v) is 12.7. The van der Waals surface area contributed by atoms with Crippen molar-refractivity contribution in [2.24, 2.45) is 0 Å². The van der Waals surface area contributed by atoms with E-state index in [-0.39, 0.29) is 11.6 Å². The molecule has 2 rings (SSSR count). The van der Waals surface area contributed by atoms with Crippen LogP contribution in [0.1, 0.15) is 23.0 Å². The van der Waals surface area contributed by atoms with E-state index < -0.39 is 0 Å². The molecule has 0 aromatic carbocycles. The molecule has 0 aliphatic rings. The summed E-state index contributed by atoms with van der Waals surface area (Å²) in [5.74, 6) is 0.407. The fourth-order valence-corrected chi connectivity index (χ4v) is 2.61. The summed E-state index contributed by atoms with van der Waals surface area (Å²) in [7, 11) is 0. The minimum Gasteiger partial charge on any atom is -0.370 e. The molecule has 4 nitrogen and oxygen atoms in total. The molecule has 20 heavy (non-hydrogen) atoms. The Kier molecular flexibility index (Phi) is 5.38. The van der Waals surface area contributed by atoms with Gasteiger partial charge in [-0.1, -0.05) is 11.6 Å². The lowest BCUT2D eigenvalue weighted by Crippen LogP contribution is -2.27. The average Bonchev–Trinajstić information content (AvgIpc) is 2.94. The summed E-state index contributed by atoms with van der Waals surface area (Å²) in [6.07, 6.45) is 0.805. The van der Waals surface area contributed by atoms with Gasteiger partial charge >= 0.3 is 0 Å². The van der Waals surface area contributed by atoms with Crippen LogP contribution in [0.5, 0.6) is 0 Å². The highest BCUT2D eigenvalue weighted by atomic mass is 35.5. The van der Waals surface area contributed by atoms with Crippen LogP contribution < -0.4 is 10.6 Å². The van der Waals surface area contributed by atoms with Gasteiger partial charge in [-0.05, 0) is 47.9 Å². The number of aromatic nitrogens is 1. The predicted octanol–water partition coefficient (Wildman–Crippen LogP) is 3.20. The molecule has 2 aromatic rings. The van der Waals surface area contributed by atoms with Gasteiger partial charge in [0.25, 0.3) is 5.91 Å². The Morgan fingerprint density at radius 3 is 2.95 bits per heavy atom. The number of hydrogen-bond donors (Lipinski definition) is 2. The van der Waals surface area contributed by atoms with E-state index in [1.807, 2.05) is 18.4 Å². The maximum absolute atomic E-state index is 12.1. The third-order valence-electron chi connectivity index (χ3n) is 2.70. The van der Waals surface area contributed by atoms with E-state index in [1.54, 1.807) is 23.5 Å². The van der Waals surface area contributed by atoms with E-state index in [9.17, 15) is 4.79 Å². The van der Waals surface area contributed by atoms with Crippen molar-refractivity contribution in [2.45, 2.75) is 13.3 Å². The van der Waals surface area contributed by atoms with Gasteiger partial charge in [0, 0.05) is 13.1 Å². The number of hydrogen-bond acceptors (Lipinski definition) is 4. The predicted molar refractivity (Wildman–Crippen MR) is 83.8 cm³/mol. The Labute approximate surface area is 127 Å². The third kappa shape index (κ3) is 3.95. The Balaban J connectivity index is 1.95. The van der Waals surface area contributed by atoms with Crippen molar-refractivity contribution in [3.63, 3.8) is 0 Å². The van der Waals surface area contributed by atoms with Crippen LogP contribution in [0.15, 0.2) is 29.0 Å². The van der Waals surface area contributed by atoms with Crippen molar-refractivity contribution in [2.75, 3.05) is 18.4 Å². The number of carbonyl (C=O) groups excluding carboxylic acids is 1. The monoisotopic (exact) mass is 309 g/mol. The normalized spacial score (nSPS) is 10.3. The van der Waals surface area contributed by atoms with E-state index >= 15 is 0 Å². The lowest BCUT2D eigenvalue weighted by atomic mass is 10.2. The molecule has 2 heterocycles. The quantitative estimate of drug-likeness (QED) is 0.861. The molecule has 2 aromatic heterocycles. The van der Waals surface area contributed by atoms with Crippen molar-refractivity contribution in [1.29, 1.82) is 0 Å². The number of thiophene rings is 1. The highest BCUT2D eigenvalue weighted by Gasteiger charge is 2.12. The lowest BCUT2D eigenvalue weighted by molar-refractivity contribution is 0.0949. The smallest absolute Gasteiger partial charge is 0.271 e. The first-order valence-corrected chi connectivity index (χ1v) is 7.72. The van der Waals surface area contributed by atoms with Gasteiger partial charge < -0.3 is 10.6 Å². The molecule has 0 bridgehead atoms. The molecule has 0 aliphatic carbocycles.